The van der Waals surface area contributed by atoms with Gasteiger partial charge in [0.15, 0.2) is 5.96 Å². The molecule has 180 valence electrons. The lowest BCUT2D eigenvalue weighted by atomic mass is 9.97. The number of aromatic nitrogens is 2. The van der Waals surface area contributed by atoms with Crippen molar-refractivity contribution < 1.29 is 27.8 Å². The number of nitrogens with zero attached hydrogens (tertiary/aromatic N) is 3. The summed E-state index contributed by atoms with van der Waals surface area (Å²) in [6.45, 7) is 2.39. The first-order chi connectivity index (χ1) is 14.7. The average Bonchev–Trinajstić information content (AvgIpc) is 3.17. The molecule has 0 amide bonds. The van der Waals surface area contributed by atoms with Crippen LogP contribution in [0.1, 0.15) is 24.7 Å². The molecule has 0 radical (unpaired) electrons. The highest BCUT2D eigenvalue weighted by atomic mass is 127. The number of nitrogens with one attached hydrogen (secondary N) is 2. The molecular formula is C20H29F3IN5O3. The SMILES string of the molecule is CCNC(=NCc1ccc(OC)cc1OC)NCCC(O)(c1nccn1C)C(F)(F)F.I. The molecule has 3 N–H and O–H groups in total. The summed E-state index contributed by atoms with van der Waals surface area (Å²) in [4.78, 5) is 8.09. The Hall–Kier alpha value is -2.22. The molecular weight excluding hydrogens is 542 g/mol. The molecule has 0 fully saturated rings. The maximum absolute atomic E-state index is 13.6. The summed E-state index contributed by atoms with van der Waals surface area (Å²) in [7, 11) is 4.48. The first kappa shape index (κ1) is 27.8. The third-order valence-electron chi connectivity index (χ3n) is 4.69. The number of benzene rings is 1. The van der Waals surface area contributed by atoms with Gasteiger partial charge in [0.25, 0.3) is 0 Å². The molecule has 8 nitrogen and oxygen atoms in total. The lowest BCUT2D eigenvalue weighted by Crippen LogP contribution is -2.47. The smallest absolute Gasteiger partial charge is 0.424 e. The third-order valence-corrected chi connectivity index (χ3v) is 4.69. The Bertz CT molecular complexity index is 892. The van der Waals surface area contributed by atoms with Crippen LogP contribution < -0.4 is 20.1 Å². The van der Waals surface area contributed by atoms with Gasteiger partial charge >= 0.3 is 6.18 Å². The normalized spacial score (nSPS) is 13.7. The summed E-state index contributed by atoms with van der Waals surface area (Å²) in [5.41, 5.74) is -2.31. The standard InChI is InChI=1S/C20H28F3N5O3.HI/c1-5-24-18(27-13-14-6-7-15(30-3)12-16(14)31-4)26-9-8-19(29,20(21,22)23)17-25-10-11-28(17)2;/h6-7,10-12,29H,5,8-9,13H2,1-4H3,(H2,24,26,27);1H. The van der Waals surface area contributed by atoms with Gasteiger partial charge in [0.2, 0.25) is 5.60 Å². The number of halogens is 4. The van der Waals surface area contributed by atoms with Crippen molar-refractivity contribution in [1.82, 2.24) is 20.2 Å². The minimum atomic E-state index is -4.89. The number of aliphatic imine (C=N–C) groups is 1. The molecule has 2 aromatic rings. The minimum Gasteiger partial charge on any atom is -0.497 e. The number of aryl methyl sites for hydroxylation is 1. The molecule has 0 spiro atoms. The molecule has 12 heteroatoms. The van der Waals surface area contributed by atoms with Crippen molar-refractivity contribution >= 4 is 29.9 Å². The Labute approximate surface area is 202 Å². The van der Waals surface area contributed by atoms with Crippen LogP contribution in [0.25, 0.3) is 0 Å². The van der Waals surface area contributed by atoms with Crippen LogP contribution in [0.4, 0.5) is 13.2 Å². The van der Waals surface area contributed by atoms with E-state index in [1.54, 1.807) is 25.3 Å². The molecule has 32 heavy (non-hydrogen) atoms. The van der Waals surface area contributed by atoms with E-state index < -0.39 is 24.0 Å². The number of hydrogen-bond acceptors (Lipinski definition) is 5. The summed E-state index contributed by atoms with van der Waals surface area (Å²) in [6, 6.07) is 5.29. The summed E-state index contributed by atoms with van der Waals surface area (Å²) < 4.78 is 52.6. The lowest BCUT2D eigenvalue weighted by Gasteiger charge is -2.30. The highest BCUT2D eigenvalue weighted by Gasteiger charge is 2.57. The topological polar surface area (TPSA) is 92.9 Å². The van der Waals surface area contributed by atoms with Gasteiger partial charge in [-0.25, -0.2) is 9.98 Å². The number of aliphatic hydroxyl groups is 1. The molecule has 1 atom stereocenters. The van der Waals surface area contributed by atoms with E-state index in [2.05, 4.69) is 20.6 Å². The van der Waals surface area contributed by atoms with E-state index in [0.29, 0.717) is 24.0 Å². The van der Waals surface area contributed by atoms with Gasteiger partial charge in [0, 0.05) is 50.6 Å². The van der Waals surface area contributed by atoms with Crippen molar-refractivity contribution in [2.45, 2.75) is 31.7 Å². The molecule has 0 aliphatic carbocycles. The van der Waals surface area contributed by atoms with Crippen molar-refractivity contribution in [3.8, 4) is 11.5 Å². The number of guanidine groups is 1. The highest BCUT2D eigenvalue weighted by Crippen LogP contribution is 2.40. The maximum Gasteiger partial charge on any atom is 0.424 e. The molecule has 0 saturated heterocycles. The summed E-state index contributed by atoms with van der Waals surface area (Å²) in [6.07, 6.45) is -2.96. The Morgan fingerprint density at radius 3 is 2.47 bits per heavy atom. The van der Waals surface area contributed by atoms with Crippen molar-refractivity contribution in [3.05, 3.63) is 42.0 Å². The zero-order valence-corrected chi connectivity index (χ0v) is 20.7. The van der Waals surface area contributed by atoms with Crippen molar-refractivity contribution in [1.29, 1.82) is 0 Å². The first-order valence-corrected chi connectivity index (χ1v) is 9.66. The molecule has 1 unspecified atom stereocenters. The van der Waals surface area contributed by atoms with Crippen LogP contribution in [0, 0.1) is 0 Å². The molecule has 1 aromatic carbocycles. The quantitative estimate of drug-likeness (QED) is 0.244. The Morgan fingerprint density at radius 1 is 1.22 bits per heavy atom. The minimum absolute atomic E-state index is 0. The predicted octanol–water partition coefficient (Wildman–Crippen LogP) is 2.95. The number of hydrogen-bond donors (Lipinski definition) is 3. The Morgan fingerprint density at radius 2 is 1.94 bits per heavy atom. The number of rotatable bonds is 9. The summed E-state index contributed by atoms with van der Waals surface area (Å²) in [5, 5.41) is 16.2. The average molecular weight is 571 g/mol. The van der Waals surface area contributed by atoms with Gasteiger partial charge in [-0.1, -0.05) is 0 Å². The van der Waals surface area contributed by atoms with Gasteiger partial charge < -0.3 is 29.8 Å². The summed E-state index contributed by atoms with van der Waals surface area (Å²) >= 11 is 0. The molecule has 1 heterocycles. The second kappa shape index (κ2) is 12.1. The Kier molecular flexibility index (Phi) is 10.5. The van der Waals surface area contributed by atoms with Gasteiger partial charge in [-0.3, -0.25) is 0 Å². The van der Waals surface area contributed by atoms with Crippen LogP contribution in [0.5, 0.6) is 11.5 Å². The lowest BCUT2D eigenvalue weighted by molar-refractivity contribution is -0.272. The fourth-order valence-corrected chi connectivity index (χ4v) is 2.99. The van der Waals surface area contributed by atoms with Gasteiger partial charge in [0.05, 0.1) is 20.8 Å². The first-order valence-electron chi connectivity index (χ1n) is 9.66. The van der Waals surface area contributed by atoms with Crippen LogP contribution in [0.3, 0.4) is 0 Å². The van der Waals surface area contributed by atoms with Crippen molar-refractivity contribution in [2.75, 3.05) is 27.3 Å². The van der Waals surface area contributed by atoms with Gasteiger partial charge in [0.1, 0.15) is 17.3 Å². The molecule has 0 saturated carbocycles. The van der Waals surface area contributed by atoms with E-state index >= 15 is 0 Å². The molecule has 1 aromatic heterocycles. The van der Waals surface area contributed by atoms with Gasteiger partial charge in [-0.15, -0.1) is 24.0 Å². The number of methoxy groups -OCH3 is 2. The van der Waals surface area contributed by atoms with Crippen molar-refractivity contribution in [3.63, 3.8) is 0 Å². The van der Waals surface area contributed by atoms with Crippen LogP contribution in [-0.4, -0.2) is 54.1 Å². The van der Waals surface area contributed by atoms with Crippen molar-refractivity contribution in [2.24, 2.45) is 12.0 Å². The third kappa shape index (κ3) is 6.64. The van der Waals surface area contributed by atoms with E-state index in [1.807, 2.05) is 6.92 Å². The fraction of sp³-hybridized carbons (Fsp3) is 0.500. The molecule has 2 rings (SSSR count). The van der Waals surface area contributed by atoms with Gasteiger partial charge in [-0.2, -0.15) is 13.2 Å². The second-order valence-electron chi connectivity index (χ2n) is 6.77. The molecule has 0 aliphatic rings. The van der Waals surface area contributed by atoms with E-state index in [1.165, 1.54) is 26.6 Å². The molecule has 0 aliphatic heterocycles. The Balaban J connectivity index is 0.00000512. The monoisotopic (exact) mass is 571 g/mol. The van der Waals surface area contributed by atoms with Crippen LogP contribution in [0.2, 0.25) is 0 Å². The van der Waals surface area contributed by atoms with Gasteiger partial charge in [-0.05, 0) is 19.1 Å². The van der Waals surface area contributed by atoms with E-state index in [-0.39, 0.29) is 37.1 Å². The largest absolute Gasteiger partial charge is 0.497 e. The van der Waals surface area contributed by atoms with E-state index in [4.69, 9.17) is 9.47 Å². The number of alkyl halides is 3. The van der Waals surface area contributed by atoms with Crippen LogP contribution >= 0.6 is 24.0 Å². The highest BCUT2D eigenvalue weighted by molar-refractivity contribution is 14.0. The zero-order chi connectivity index (χ0) is 23.1. The number of imidazole rings is 1. The van der Waals surface area contributed by atoms with E-state index in [9.17, 15) is 18.3 Å². The zero-order valence-electron chi connectivity index (χ0n) is 18.4. The van der Waals surface area contributed by atoms with E-state index in [0.717, 1.165) is 10.1 Å². The second-order valence-corrected chi connectivity index (χ2v) is 6.77. The van der Waals surface area contributed by atoms with Crippen LogP contribution in [-0.2, 0) is 19.2 Å². The van der Waals surface area contributed by atoms with Crippen LogP contribution in [0.15, 0.2) is 35.6 Å². The predicted molar refractivity (Wildman–Crippen MR) is 126 cm³/mol. The fourth-order valence-electron chi connectivity index (χ4n) is 2.99. The maximum atomic E-state index is 13.6. The summed E-state index contributed by atoms with van der Waals surface area (Å²) in [5.74, 6) is 1.06. The number of ether oxygens (including phenoxy) is 2. The molecule has 0 bridgehead atoms.